The molecular weight excluding hydrogens is 231 g/mol. The summed E-state index contributed by atoms with van der Waals surface area (Å²) in [5.41, 5.74) is 7.52. The largest absolute Gasteiger partial charge is 0.398 e. The highest BCUT2D eigenvalue weighted by atomic mass is 19.1. The fourth-order valence-electron chi connectivity index (χ4n) is 1.66. The van der Waals surface area contributed by atoms with Crippen molar-refractivity contribution in [1.29, 1.82) is 0 Å². The Kier molecular flexibility index (Phi) is 3.28. The molecule has 0 unspecified atom stereocenters. The highest BCUT2D eigenvalue weighted by Gasteiger charge is 2.07. The van der Waals surface area contributed by atoms with Crippen LogP contribution in [-0.4, -0.2) is 5.78 Å². The smallest absolute Gasteiger partial charge is 0.161 e. The lowest BCUT2D eigenvalue weighted by Gasteiger charge is -2.09. The number of anilines is 3. The van der Waals surface area contributed by atoms with Crippen molar-refractivity contribution in [3.8, 4) is 0 Å². The molecule has 92 valence electrons. The van der Waals surface area contributed by atoms with Gasteiger partial charge in [0.2, 0.25) is 0 Å². The van der Waals surface area contributed by atoms with Gasteiger partial charge in [-0.2, -0.15) is 0 Å². The molecule has 18 heavy (non-hydrogen) atoms. The summed E-state index contributed by atoms with van der Waals surface area (Å²) in [6.07, 6.45) is 0. The van der Waals surface area contributed by atoms with Gasteiger partial charge in [-0.25, -0.2) is 4.39 Å². The summed E-state index contributed by atoms with van der Waals surface area (Å²) in [4.78, 5) is 11.4. The van der Waals surface area contributed by atoms with E-state index in [4.69, 9.17) is 5.73 Å². The molecule has 0 aromatic heterocycles. The first-order valence-corrected chi connectivity index (χ1v) is 5.50. The number of nitrogens with one attached hydrogen (secondary N) is 1. The summed E-state index contributed by atoms with van der Waals surface area (Å²) in [6, 6.07) is 11.3. The summed E-state index contributed by atoms with van der Waals surface area (Å²) >= 11 is 0. The summed E-state index contributed by atoms with van der Waals surface area (Å²) in [6.45, 7) is 1.44. The minimum absolute atomic E-state index is 0.121. The number of hydrogen-bond acceptors (Lipinski definition) is 3. The van der Waals surface area contributed by atoms with E-state index in [0.29, 0.717) is 22.6 Å². The lowest BCUT2D eigenvalue weighted by Crippen LogP contribution is -2.01. The van der Waals surface area contributed by atoms with Gasteiger partial charge in [-0.05, 0) is 37.3 Å². The van der Waals surface area contributed by atoms with Crippen LogP contribution in [0.4, 0.5) is 21.5 Å². The Bertz CT molecular complexity index is 596. The minimum atomic E-state index is -0.348. The predicted molar refractivity (Wildman–Crippen MR) is 70.5 cm³/mol. The number of para-hydroxylation sites is 1. The third-order valence-electron chi connectivity index (χ3n) is 2.59. The average Bonchev–Trinajstić information content (AvgIpc) is 2.34. The van der Waals surface area contributed by atoms with Crippen LogP contribution in [0.15, 0.2) is 42.5 Å². The zero-order chi connectivity index (χ0) is 13.1. The number of halogens is 1. The predicted octanol–water partition coefficient (Wildman–Crippen LogP) is 3.35. The van der Waals surface area contributed by atoms with E-state index in [1.165, 1.54) is 13.0 Å². The van der Waals surface area contributed by atoms with Gasteiger partial charge in [0.15, 0.2) is 5.78 Å². The zero-order valence-electron chi connectivity index (χ0n) is 9.91. The number of nitrogens with two attached hydrogens (primary N) is 1. The molecule has 0 aliphatic carbocycles. The van der Waals surface area contributed by atoms with E-state index >= 15 is 0 Å². The van der Waals surface area contributed by atoms with E-state index < -0.39 is 0 Å². The van der Waals surface area contributed by atoms with Crippen LogP contribution in [0.1, 0.15) is 17.3 Å². The van der Waals surface area contributed by atoms with Crippen LogP contribution in [0.3, 0.4) is 0 Å². The SMILES string of the molecule is CC(=O)c1cc(Nc2ccccc2F)ccc1N. The molecule has 0 saturated carbocycles. The molecule has 0 heterocycles. The molecule has 0 saturated heterocycles. The first-order valence-electron chi connectivity index (χ1n) is 5.50. The van der Waals surface area contributed by atoms with Gasteiger partial charge in [0, 0.05) is 16.9 Å². The molecular formula is C14H13FN2O. The third-order valence-corrected chi connectivity index (χ3v) is 2.59. The summed E-state index contributed by atoms with van der Waals surface area (Å²) in [7, 11) is 0. The number of Topliss-reactive ketones (excluding diaryl/α,β-unsaturated/α-hetero) is 1. The molecule has 0 fully saturated rings. The molecule has 0 spiro atoms. The van der Waals surface area contributed by atoms with Crippen molar-refractivity contribution in [1.82, 2.24) is 0 Å². The maximum absolute atomic E-state index is 13.5. The van der Waals surface area contributed by atoms with Crippen molar-refractivity contribution in [2.75, 3.05) is 11.1 Å². The Labute approximate surface area is 104 Å². The number of rotatable bonds is 3. The molecule has 0 radical (unpaired) electrons. The molecule has 3 N–H and O–H groups in total. The normalized spacial score (nSPS) is 10.1. The molecule has 2 rings (SSSR count). The third kappa shape index (κ3) is 2.48. The number of carbonyl (C=O) groups is 1. The highest BCUT2D eigenvalue weighted by Crippen LogP contribution is 2.23. The van der Waals surface area contributed by atoms with Gasteiger partial charge >= 0.3 is 0 Å². The second-order valence-electron chi connectivity index (χ2n) is 3.96. The molecule has 0 atom stereocenters. The monoisotopic (exact) mass is 244 g/mol. The van der Waals surface area contributed by atoms with Gasteiger partial charge in [0.25, 0.3) is 0 Å². The second-order valence-corrected chi connectivity index (χ2v) is 3.96. The average molecular weight is 244 g/mol. The van der Waals surface area contributed by atoms with E-state index in [2.05, 4.69) is 5.32 Å². The van der Waals surface area contributed by atoms with Crippen LogP contribution in [0, 0.1) is 5.82 Å². The number of carbonyl (C=O) groups excluding carboxylic acids is 1. The van der Waals surface area contributed by atoms with Gasteiger partial charge in [-0.1, -0.05) is 12.1 Å². The zero-order valence-corrected chi connectivity index (χ0v) is 9.91. The van der Waals surface area contributed by atoms with Crippen molar-refractivity contribution < 1.29 is 9.18 Å². The van der Waals surface area contributed by atoms with Gasteiger partial charge in [-0.15, -0.1) is 0 Å². The van der Waals surface area contributed by atoms with Crippen LogP contribution >= 0.6 is 0 Å². The minimum Gasteiger partial charge on any atom is -0.398 e. The van der Waals surface area contributed by atoms with Crippen molar-refractivity contribution >= 4 is 22.8 Å². The highest BCUT2D eigenvalue weighted by molar-refractivity contribution is 6.00. The molecule has 0 aliphatic rings. The van der Waals surface area contributed by atoms with Crippen LogP contribution in [0.25, 0.3) is 0 Å². The number of hydrogen-bond donors (Lipinski definition) is 2. The Balaban J connectivity index is 2.33. The van der Waals surface area contributed by atoms with Crippen molar-refractivity contribution in [2.24, 2.45) is 0 Å². The van der Waals surface area contributed by atoms with Crippen molar-refractivity contribution in [3.63, 3.8) is 0 Å². The van der Waals surface area contributed by atoms with E-state index in [-0.39, 0.29) is 11.6 Å². The molecule has 2 aromatic carbocycles. The fourth-order valence-corrected chi connectivity index (χ4v) is 1.66. The number of nitrogen functional groups attached to an aromatic ring is 1. The van der Waals surface area contributed by atoms with Crippen LogP contribution < -0.4 is 11.1 Å². The Hall–Kier alpha value is -2.36. The Morgan fingerprint density at radius 1 is 1.22 bits per heavy atom. The van der Waals surface area contributed by atoms with Gasteiger partial charge in [0.05, 0.1) is 5.69 Å². The van der Waals surface area contributed by atoms with Crippen LogP contribution in [0.2, 0.25) is 0 Å². The van der Waals surface area contributed by atoms with E-state index in [1.54, 1.807) is 36.4 Å². The maximum Gasteiger partial charge on any atom is 0.161 e. The van der Waals surface area contributed by atoms with Crippen LogP contribution in [-0.2, 0) is 0 Å². The fraction of sp³-hybridized carbons (Fsp3) is 0.0714. The van der Waals surface area contributed by atoms with E-state index in [1.807, 2.05) is 0 Å². The summed E-state index contributed by atoms with van der Waals surface area (Å²) in [5, 5.41) is 2.91. The Morgan fingerprint density at radius 2 is 1.94 bits per heavy atom. The van der Waals surface area contributed by atoms with Gasteiger partial charge in [-0.3, -0.25) is 4.79 Å². The lowest BCUT2D eigenvalue weighted by atomic mass is 10.1. The van der Waals surface area contributed by atoms with Gasteiger partial charge < -0.3 is 11.1 Å². The number of ketones is 1. The summed E-state index contributed by atoms with van der Waals surface area (Å²) < 4.78 is 13.5. The van der Waals surface area contributed by atoms with Crippen molar-refractivity contribution in [2.45, 2.75) is 6.92 Å². The first-order chi connectivity index (χ1) is 8.58. The standard InChI is InChI=1S/C14H13FN2O/c1-9(18)11-8-10(6-7-13(11)16)17-14-5-3-2-4-12(14)15/h2-8,17H,16H2,1H3. The molecule has 2 aromatic rings. The van der Waals surface area contributed by atoms with Crippen LogP contribution in [0.5, 0.6) is 0 Å². The van der Waals surface area contributed by atoms with E-state index in [0.717, 1.165) is 0 Å². The van der Waals surface area contributed by atoms with Gasteiger partial charge in [0.1, 0.15) is 5.82 Å². The quantitative estimate of drug-likeness (QED) is 0.643. The molecule has 4 heteroatoms. The molecule has 0 aliphatic heterocycles. The molecule has 0 amide bonds. The summed E-state index contributed by atoms with van der Waals surface area (Å²) in [5.74, 6) is -0.469. The van der Waals surface area contributed by atoms with E-state index in [9.17, 15) is 9.18 Å². The lowest BCUT2D eigenvalue weighted by molar-refractivity contribution is 0.101. The number of benzene rings is 2. The second kappa shape index (κ2) is 4.87. The molecule has 0 bridgehead atoms. The Morgan fingerprint density at radius 3 is 2.61 bits per heavy atom. The van der Waals surface area contributed by atoms with Crippen molar-refractivity contribution in [3.05, 3.63) is 53.8 Å². The first kappa shape index (κ1) is 12.1. The molecule has 3 nitrogen and oxygen atoms in total. The topological polar surface area (TPSA) is 55.1 Å². The maximum atomic E-state index is 13.5.